The van der Waals surface area contributed by atoms with Gasteiger partial charge in [0.2, 0.25) is 0 Å². The van der Waals surface area contributed by atoms with Gasteiger partial charge in [0.25, 0.3) is 11.7 Å². The van der Waals surface area contributed by atoms with Gasteiger partial charge in [0.15, 0.2) is 0 Å². The van der Waals surface area contributed by atoms with Crippen molar-refractivity contribution >= 4 is 23.1 Å². The summed E-state index contributed by atoms with van der Waals surface area (Å²) in [5, 5.41) is 2.67. The molecular weight excluding hydrogens is 252 g/mol. The lowest BCUT2D eigenvalue weighted by atomic mass is 10.1. The van der Waals surface area contributed by atoms with Gasteiger partial charge in [0.1, 0.15) is 0 Å². The molecule has 0 spiro atoms. The first kappa shape index (κ1) is 11.9. The van der Waals surface area contributed by atoms with Crippen LogP contribution in [0.1, 0.15) is 36.0 Å². The van der Waals surface area contributed by atoms with Crippen LogP contribution in [0.15, 0.2) is 18.2 Å². The highest BCUT2D eigenvalue weighted by Gasteiger charge is 2.31. The number of ketones is 1. The molecule has 20 heavy (non-hydrogen) atoms. The van der Waals surface area contributed by atoms with Gasteiger partial charge in [0, 0.05) is 18.8 Å². The Kier molecular flexibility index (Phi) is 2.59. The van der Waals surface area contributed by atoms with Gasteiger partial charge in [-0.1, -0.05) is 0 Å². The predicted molar refractivity (Wildman–Crippen MR) is 77.1 cm³/mol. The summed E-state index contributed by atoms with van der Waals surface area (Å²) in [6.07, 6.45) is 5.34. The monoisotopic (exact) mass is 270 g/mol. The number of carbonyl (C=O) groups excluding carboxylic acids is 2. The molecule has 0 aromatic heterocycles. The third kappa shape index (κ3) is 2.19. The minimum atomic E-state index is -0.506. The molecule has 1 aromatic carbocycles. The van der Waals surface area contributed by atoms with Crippen LogP contribution in [0.2, 0.25) is 0 Å². The molecule has 4 heteroatoms. The molecule has 2 fully saturated rings. The molecule has 0 saturated heterocycles. The van der Waals surface area contributed by atoms with Crippen molar-refractivity contribution < 1.29 is 9.59 Å². The second kappa shape index (κ2) is 4.33. The highest BCUT2D eigenvalue weighted by Crippen LogP contribution is 2.37. The topological polar surface area (TPSA) is 49.4 Å². The molecule has 4 nitrogen and oxygen atoms in total. The summed E-state index contributed by atoms with van der Waals surface area (Å²) in [5.74, 6) is 0.743. The molecule has 1 aromatic rings. The third-order valence-electron chi connectivity index (χ3n) is 4.42. The molecule has 0 radical (unpaired) electrons. The van der Waals surface area contributed by atoms with Gasteiger partial charge in [-0.05, 0) is 55.7 Å². The molecule has 2 aliphatic carbocycles. The minimum Gasteiger partial charge on any atom is -0.371 e. The van der Waals surface area contributed by atoms with E-state index in [4.69, 9.17) is 0 Å². The lowest BCUT2D eigenvalue weighted by molar-refractivity contribution is -0.112. The average Bonchev–Trinajstić information content (AvgIpc) is 3.33. The molecule has 1 aliphatic heterocycles. The Labute approximate surface area is 118 Å². The summed E-state index contributed by atoms with van der Waals surface area (Å²) < 4.78 is 0. The van der Waals surface area contributed by atoms with Crippen molar-refractivity contribution in [3.63, 3.8) is 0 Å². The summed E-state index contributed by atoms with van der Waals surface area (Å²) in [6.45, 7) is 2.22. The summed E-state index contributed by atoms with van der Waals surface area (Å²) in [4.78, 5) is 25.5. The second-order valence-electron chi connectivity index (χ2n) is 6.30. The van der Waals surface area contributed by atoms with Crippen LogP contribution >= 0.6 is 0 Å². The molecule has 2 saturated carbocycles. The van der Waals surface area contributed by atoms with Crippen molar-refractivity contribution in [1.82, 2.24) is 0 Å². The number of amides is 1. The molecule has 1 N–H and O–H groups in total. The van der Waals surface area contributed by atoms with E-state index in [0.29, 0.717) is 11.3 Å². The minimum absolute atomic E-state index is 0.414. The largest absolute Gasteiger partial charge is 0.371 e. The van der Waals surface area contributed by atoms with Crippen LogP contribution in [-0.2, 0) is 4.79 Å². The highest BCUT2D eigenvalue weighted by atomic mass is 16.2. The maximum absolute atomic E-state index is 11.6. The van der Waals surface area contributed by atoms with Crippen LogP contribution in [0.4, 0.5) is 11.4 Å². The van der Waals surface area contributed by atoms with Crippen molar-refractivity contribution in [2.45, 2.75) is 25.7 Å². The van der Waals surface area contributed by atoms with E-state index in [2.05, 4.69) is 10.2 Å². The number of carbonyl (C=O) groups is 2. The Morgan fingerprint density at radius 2 is 1.70 bits per heavy atom. The molecule has 0 atom stereocenters. The number of fused-ring (bicyclic) bond motifs is 1. The lowest BCUT2D eigenvalue weighted by Gasteiger charge is -2.25. The number of Topliss-reactive ketones (excluding diaryl/α,β-unsaturated/α-hetero) is 1. The normalized spacial score (nSPS) is 20.8. The number of anilines is 2. The number of rotatable bonds is 5. The van der Waals surface area contributed by atoms with E-state index in [0.717, 1.165) is 30.6 Å². The first-order valence-electron chi connectivity index (χ1n) is 7.45. The molecule has 0 bridgehead atoms. The molecule has 1 amide bonds. The smallest absolute Gasteiger partial charge is 0.296 e. The van der Waals surface area contributed by atoms with Gasteiger partial charge < -0.3 is 10.2 Å². The van der Waals surface area contributed by atoms with Gasteiger partial charge in [0.05, 0.1) is 11.3 Å². The van der Waals surface area contributed by atoms with Gasteiger partial charge in [-0.2, -0.15) is 0 Å². The van der Waals surface area contributed by atoms with Gasteiger partial charge >= 0.3 is 0 Å². The standard InChI is InChI=1S/C16H18N2O2/c19-15-13-6-5-12(7-14(13)17-16(15)20)18(8-10-1-2-10)9-11-3-4-11/h5-7,10-11H,1-4,8-9H2,(H,17,19,20). The Balaban J connectivity index is 1.60. The fraction of sp³-hybridized carbons (Fsp3) is 0.500. The molecular formula is C16H18N2O2. The zero-order valence-corrected chi connectivity index (χ0v) is 11.4. The van der Waals surface area contributed by atoms with Gasteiger partial charge in [-0.3, -0.25) is 9.59 Å². The van der Waals surface area contributed by atoms with E-state index in [1.807, 2.05) is 12.1 Å². The third-order valence-corrected chi connectivity index (χ3v) is 4.42. The predicted octanol–water partition coefficient (Wildman–Crippen LogP) is 2.45. The van der Waals surface area contributed by atoms with E-state index < -0.39 is 11.7 Å². The number of nitrogens with zero attached hydrogens (tertiary/aromatic N) is 1. The van der Waals surface area contributed by atoms with Crippen LogP contribution in [-0.4, -0.2) is 24.8 Å². The zero-order chi connectivity index (χ0) is 13.7. The summed E-state index contributed by atoms with van der Waals surface area (Å²) in [6, 6.07) is 5.74. The van der Waals surface area contributed by atoms with Crippen molar-refractivity contribution in [3.05, 3.63) is 23.8 Å². The summed E-state index contributed by atoms with van der Waals surface area (Å²) in [5.41, 5.74) is 2.32. The first-order chi connectivity index (χ1) is 9.70. The molecule has 4 rings (SSSR count). The van der Waals surface area contributed by atoms with Crippen LogP contribution in [0.25, 0.3) is 0 Å². The molecule has 0 unspecified atom stereocenters. The van der Waals surface area contributed by atoms with Crippen molar-refractivity contribution in [3.8, 4) is 0 Å². The number of nitrogens with one attached hydrogen (secondary N) is 1. The summed E-state index contributed by atoms with van der Waals surface area (Å²) in [7, 11) is 0. The molecule has 1 heterocycles. The van der Waals surface area contributed by atoms with E-state index >= 15 is 0 Å². The Bertz CT molecular complexity index is 574. The Hall–Kier alpha value is -1.84. The number of hydrogen-bond acceptors (Lipinski definition) is 3. The van der Waals surface area contributed by atoms with E-state index in [1.54, 1.807) is 6.07 Å². The quantitative estimate of drug-likeness (QED) is 0.836. The first-order valence-corrected chi connectivity index (χ1v) is 7.45. The van der Waals surface area contributed by atoms with Crippen LogP contribution in [0.3, 0.4) is 0 Å². The number of benzene rings is 1. The number of hydrogen-bond donors (Lipinski definition) is 1. The average molecular weight is 270 g/mol. The Morgan fingerprint density at radius 3 is 2.30 bits per heavy atom. The fourth-order valence-corrected chi connectivity index (χ4v) is 2.84. The zero-order valence-electron chi connectivity index (χ0n) is 11.4. The van der Waals surface area contributed by atoms with Crippen LogP contribution in [0.5, 0.6) is 0 Å². The maximum Gasteiger partial charge on any atom is 0.296 e. The molecule has 104 valence electrons. The van der Waals surface area contributed by atoms with E-state index in [9.17, 15) is 9.59 Å². The Morgan fingerprint density at radius 1 is 1.05 bits per heavy atom. The maximum atomic E-state index is 11.6. The fourth-order valence-electron chi connectivity index (χ4n) is 2.84. The van der Waals surface area contributed by atoms with Gasteiger partial charge in [-0.25, -0.2) is 0 Å². The van der Waals surface area contributed by atoms with E-state index in [1.165, 1.54) is 25.7 Å². The van der Waals surface area contributed by atoms with E-state index in [-0.39, 0.29) is 0 Å². The summed E-state index contributed by atoms with van der Waals surface area (Å²) >= 11 is 0. The van der Waals surface area contributed by atoms with Gasteiger partial charge in [-0.15, -0.1) is 0 Å². The lowest BCUT2D eigenvalue weighted by Crippen LogP contribution is -2.28. The molecule has 3 aliphatic rings. The van der Waals surface area contributed by atoms with Crippen LogP contribution in [0, 0.1) is 11.8 Å². The second-order valence-corrected chi connectivity index (χ2v) is 6.30. The van der Waals surface area contributed by atoms with Crippen molar-refractivity contribution in [2.75, 3.05) is 23.3 Å². The SMILES string of the molecule is O=C1Nc2cc(N(CC3CC3)CC3CC3)ccc2C1=O. The van der Waals surface area contributed by atoms with Crippen molar-refractivity contribution in [1.29, 1.82) is 0 Å². The van der Waals surface area contributed by atoms with Crippen LogP contribution < -0.4 is 10.2 Å². The van der Waals surface area contributed by atoms with Crippen molar-refractivity contribution in [2.24, 2.45) is 11.8 Å². The highest BCUT2D eigenvalue weighted by molar-refractivity contribution is 6.51.